The third-order valence-electron chi connectivity index (χ3n) is 5.14. The number of pyridine rings is 1. The van der Waals surface area contributed by atoms with Gasteiger partial charge in [-0.1, -0.05) is 6.07 Å². The minimum Gasteiger partial charge on any atom is -0.472 e. The predicted octanol–water partition coefficient (Wildman–Crippen LogP) is 2.04. The molecule has 1 spiro atoms. The fraction of sp³-hybridized carbons (Fsp3) is 0.474. The number of aromatic nitrogens is 1. The summed E-state index contributed by atoms with van der Waals surface area (Å²) in [7, 11) is 0. The second kappa shape index (κ2) is 6.98. The van der Waals surface area contributed by atoms with E-state index in [2.05, 4.69) is 16.0 Å². The van der Waals surface area contributed by atoms with Crippen LogP contribution in [0.4, 0.5) is 0 Å². The smallest absolute Gasteiger partial charge is 0.257 e. The highest BCUT2D eigenvalue weighted by atomic mass is 16.5. The zero-order chi connectivity index (χ0) is 17.1. The van der Waals surface area contributed by atoms with E-state index in [0.717, 1.165) is 32.6 Å². The molecule has 1 atom stereocenters. The van der Waals surface area contributed by atoms with Gasteiger partial charge in [0.05, 0.1) is 25.0 Å². The number of amides is 1. The minimum atomic E-state index is 0.0120. The number of ether oxygens (including phenoxy) is 1. The van der Waals surface area contributed by atoms with Gasteiger partial charge in [0.25, 0.3) is 5.91 Å². The molecule has 4 heterocycles. The quantitative estimate of drug-likeness (QED) is 0.855. The Bertz CT molecular complexity index is 704. The lowest BCUT2D eigenvalue weighted by atomic mass is 9.87. The number of carbonyl (C=O) groups is 1. The highest BCUT2D eigenvalue weighted by Gasteiger charge is 2.42. The second-order valence-electron chi connectivity index (χ2n) is 7.11. The zero-order valence-corrected chi connectivity index (χ0v) is 14.3. The lowest BCUT2D eigenvalue weighted by Gasteiger charge is -2.31. The molecule has 2 aromatic rings. The van der Waals surface area contributed by atoms with Gasteiger partial charge in [-0.3, -0.25) is 14.7 Å². The summed E-state index contributed by atoms with van der Waals surface area (Å²) in [6.45, 7) is 5.53. The summed E-state index contributed by atoms with van der Waals surface area (Å²) in [5, 5.41) is 0. The number of furan rings is 1. The van der Waals surface area contributed by atoms with Gasteiger partial charge in [-0.15, -0.1) is 0 Å². The van der Waals surface area contributed by atoms with Gasteiger partial charge >= 0.3 is 0 Å². The Labute approximate surface area is 147 Å². The predicted molar refractivity (Wildman–Crippen MR) is 92.0 cm³/mol. The topological polar surface area (TPSA) is 58.8 Å². The number of rotatable bonds is 3. The van der Waals surface area contributed by atoms with Crippen LogP contribution in [0.1, 0.15) is 22.3 Å². The van der Waals surface area contributed by atoms with Crippen LogP contribution >= 0.6 is 0 Å². The average Bonchev–Trinajstić information content (AvgIpc) is 3.24. The SMILES string of the molecule is O=C(c1ccoc1)N1CCOC[C@@]2(CCN(Cc3cccnc3)C2)C1. The van der Waals surface area contributed by atoms with Gasteiger partial charge in [-0.2, -0.15) is 0 Å². The van der Waals surface area contributed by atoms with E-state index in [4.69, 9.17) is 9.15 Å². The maximum atomic E-state index is 12.7. The molecule has 2 aromatic heterocycles. The standard InChI is InChI=1S/C19H23N3O3/c23-18(17-3-8-24-12-17)22-7-9-25-15-19(14-22)4-6-21(13-19)11-16-2-1-5-20-10-16/h1-3,5,8,10,12H,4,6-7,9,11,13-15H2/t19-/m1/s1. The Morgan fingerprint density at radius 2 is 2.24 bits per heavy atom. The van der Waals surface area contributed by atoms with Crippen molar-refractivity contribution in [1.29, 1.82) is 0 Å². The largest absolute Gasteiger partial charge is 0.472 e. The molecule has 2 aliphatic heterocycles. The van der Waals surface area contributed by atoms with Gasteiger partial charge in [-0.25, -0.2) is 0 Å². The molecule has 0 aromatic carbocycles. The summed E-state index contributed by atoms with van der Waals surface area (Å²) < 4.78 is 10.9. The van der Waals surface area contributed by atoms with Crippen LogP contribution in [0.15, 0.2) is 47.5 Å². The van der Waals surface area contributed by atoms with Crippen molar-refractivity contribution < 1.29 is 13.9 Å². The minimum absolute atomic E-state index is 0.0120. The Kier molecular flexibility index (Phi) is 4.55. The average molecular weight is 341 g/mol. The van der Waals surface area contributed by atoms with Gasteiger partial charge < -0.3 is 14.1 Å². The molecule has 0 saturated carbocycles. The van der Waals surface area contributed by atoms with Crippen LogP contribution in [0.5, 0.6) is 0 Å². The molecule has 0 bridgehead atoms. The normalized spacial score (nSPS) is 24.6. The van der Waals surface area contributed by atoms with Crippen LogP contribution in [-0.2, 0) is 11.3 Å². The van der Waals surface area contributed by atoms with E-state index in [1.807, 2.05) is 17.2 Å². The van der Waals surface area contributed by atoms with Crippen LogP contribution < -0.4 is 0 Å². The van der Waals surface area contributed by atoms with Gasteiger partial charge in [0, 0.05) is 44.0 Å². The molecule has 0 N–H and O–H groups in total. The molecule has 0 aliphatic carbocycles. The molecule has 0 unspecified atom stereocenters. The summed E-state index contributed by atoms with van der Waals surface area (Å²) in [5.41, 5.74) is 1.85. The molecule has 6 heteroatoms. The molecular formula is C19H23N3O3. The summed E-state index contributed by atoms with van der Waals surface area (Å²) in [4.78, 5) is 21.3. The molecule has 6 nitrogen and oxygen atoms in total. The van der Waals surface area contributed by atoms with Crippen molar-refractivity contribution in [2.24, 2.45) is 5.41 Å². The molecule has 2 aliphatic rings. The van der Waals surface area contributed by atoms with E-state index in [1.165, 1.54) is 11.8 Å². The molecule has 4 rings (SSSR count). The monoisotopic (exact) mass is 341 g/mol. The van der Waals surface area contributed by atoms with E-state index in [-0.39, 0.29) is 11.3 Å². The van der Waals surface area contributed by atoms with Crippen LogP contribution in [0.3, 0.4) is 0 Å². The maximum absolute atomic E-state index is 12.7. The van der Waals surface area contributed by atoms with Gasteiger partial charge in [0.1, 0.15) is 6.26 Å². The van der Waals surface area contributed by atoms with E-state index >= 15 is 0 Å². The van der Waals surface area contributed by atoms with Crippen molar-refractivity contribution in [3.63, 3.8) is 0 Å². The van der Waals surface area contributed by atoms with Gasteiger partial charge in [0.15, 0.2) is 0 Å². The number of carbonyl (C=O) groups excluding carboxylic acids is 1. The van der Waals surface area contributed by atoms with E-state index in [0.29, 0.717) is 25.3 Å². The van der Waals surface area contributed by atoms with Crippen molar-refractivity contribution in [1.82, 2.24) is 14.8 Å². The number of hydrogen-bond donors (Lipinski definition) is 0. The van der Waals surface area contributed by atoms with Crippen LogP contribution in [-0.4, -0.2) is 60.1 Å². The van der Waals surface area contributed by atoms with Crippen LogP contribution in [0, 0.1) is 5.41 Å². The highest BCUT2D eigenvalue weighted by molar-refractivity contribution is 5.93. The third kappa shape index (κ3) is 3.60. The first kappa shape index (κ1) is 16.3. The molecule has 1 amide bonds. The Morgan fingerprint density at radius 3 is 3.04 bits per heavy atom. The van der Waals surface area contributed by atoms with Gasteiger partial charge in [-0.05, 0) is 30.7 Å². The second-order valence-corrected chi connectivity index (χ2v) is 7.11. The maximum Gasteiger partial charge on any atom is 0.257 e. The van der Waals surface area contributed by atoms with Crippen molar-refractivity contribution >= 4 is 5.91 Å². The Hall–Kier alpha value is -2.18. The van der Waals surface area contributed by atoms with Crippen molar-refractivity contribution in [2.75, 3.05) is 39.4 Å². The summed E-state index contributed by atoms with van der Waals surface area (Å²) >= 11 is 0. The first-order chi connectivity index (χ1) is 12.2. The lowest BCUT2D eigenvalue weighted by molar-refractivity contribution is 0.0644. The van der Waals surface area contributed by atoms with E-state index in [1.54, 1.807) is 18.5 Å². The van der Waals surface area contributed by atoms with Crippen LogP contribution in [0.25, 0.3) is 0 Å². The summed E-state index contributed by atoms with van der Waals surface area (Å²) in [6, 6.07) is 5.81. The first-order valence-electron chi connectivity index (χ1n) is 8.75. The summed E-state index contributed by atoms with van der Waals surface area (Å²) in [6.07, 6.45) is 7.83. The number of nitrogens with zero attached hydrogens (tertiary/aromatic N) is 3. The number of likely N-dealkylation sites (tertiary alicyclic amines) is 1. The first-order valence-corrected chi connectivity index (χ1v) is 8.75. The highest BCUT2D eigenvalue weighted by Crippen LogP contribution is 2.34. The summed E-state index contributed by atoms with van der Waals surface area (Å²) in [5.74, 6) is 0.0318. The number of hydrogen-bond acceptors (Lipinski definition) is 5. The van der Waals surface area contributed by atoms with E-state index in [9.17, 15) is 4.79 Å². The third-order valence-corrected chi connectivity index (χ3v) is 5.14. The van der Waals surface area contributed by atoms with Crippen LogP contribution in [0.2, 0.25) is 0 Å². The molecular weight excluding hydrogens is 318 g/mol. The zero-order valence-electron chi connectivity index (χ0n) is 14.3. The molecule has 25 heavy (non-hydrogen) atoms. The molecule has 2 fully saturated rings. The van der Waals surface area contributed by atoms with Crippen molar-refractivity contribution in [3.05, 3.63) is 54.2 Å². The Balaban J connectivity index is 1.44. The fourth-order valence-electron chi connectivity index (χ4n) is 3.89. The van der Waals surface area contributed by atoms with Gasteiger partial charge in [0.2, 0.25) is 0 Å². The molecule has 132 valence electrons. The van der Waals surface area contributed by atoms with E-state index < -0.39 is 0 Å². The molecule has 0 radical (unpaired) electrons. The fourth-order valence-corrected chi connectivity index (χ4v) is 3.89. The van der Waals surface area contributed by atoms with Crippen molar-refractivity contribution in [2.45, 2.75) is 13.0 Å². The molecule has 2 saturated heterocycles. The van der Waals surface area contributed by atoms with Crippen molar-refractivity contribution in [3.8, 4) is 0 Å². The lowest BCUT2D eigenvalue weighted by Crippen LogP contribution is -2.43. The Morgan fingerprint density at radius 1 is 1.28 bits per heavy atom.